The van der Waals surface area contributed by atoms with Crippen molar-refractivity contribution in [3.63, 3.8) is 0 Å². The second kappa shape index (κ2) is 7.33. The third-order valence-corrected chi connectivity index (χ3v) is 9.69. The van der Waals surface area contributed by atoms with Gasteiger partial charge in [0.1, 0.15) is 0 Å². The van der Waals surface area contributed by atoms with Gasteiger partial charge in [-0.3, -0.25) is 0 Å². The molecule has 132 valence electrons. The summed E-state index contributed by atoms with van der Waals surface area (Å²) in [6, 6.07) is 0. The fourth-order valence-corrected chi connectivity index (χ4v) is 4.32. The number of ether oxygens (including phenoxy) is 2. The second-order valence-corrected chi connectivity index (χ2v) is 13.5. The second-order valence-electron chi connectivity index (χ2n) is 8.74. The molecule has 0 N–H and O–H groups in total. The van der Waals surface area contributed by atoms with Crippen molar-refractivity contribution in [2.24, 2.45) is 0 Å². The topological polar surface area (TPSA) is 27.7 Å². The van der Waals surface area contributed by atoms with Crippen LogP contribution in [0.1, 0.15) is 74.1 Å². The average molecular weight is 331 g/mol. The van der Waals surface area contributed by atoms with Gasteiger partial charge in [0.15, 0.2) is 14.1 Å². The van der Waals surface area contributed by atoms with Crippen molar-refractivity contribution in [3.05, 3.63) is 0 Å². The van der Waals surface area contributed by atoms with E-state index in [2.05, 4.69) is 47.7 Å². The van der Waals surface area contributed by atoms with Gasteiger partial charge in [-0.15, -0.1) is 0 Å². The maximum atomic E-state index is 6.43. The highest BCUT2D eigenvalue weighted by molar-refractivity contribution is 6.74. The predicted molar refractivity (Wildman–Crippen MR) is 95.7 cm³/mol. The summed E-state index contributed by atoms with van der Waals surface area (Å²) in [7, 11) is -1.65. The maximum absolute atomic E-state index is 6.43. The molecule has 0 aliphatic carbocycles. The van der Waals surface area contributed by atoms with Gasteiger partial charge in [-0.1, -0.05) is 27.7 Å². The Morgan fingerprint density at radius 2 is 1.68 bits per heavy atom. The fraction of sp³-hybridized carbons (Fsp3) is 1.00. The van der Waals surface area contributed by atoms with Crippen molar-refractivity contribution in [3.8, 4) is 0 Å². The number of rotatable bonds is 7. The molecule has 0 saturated carbocycles. The molecule has 1 unspecified atom stereocenters. The minimum atomic E-state index is -1.65. The fourth-order valence-electron chi connectivity index (χ4n) is 2.84. The molecule has 0 radical (unpaired) electrons. The van der Waals surface area contributed by atoms with Gasteiger partial charge in [-0.05, 0) is 64.6 Å². The van der Waals surface area contributed by atoms with Crippen LogP contribution in [0.4, 0.5) is 0 Å². The molecule has 0 aromatic rings. The number of hydrogen-bond donors (Lipinski definition) is 0. The molecule has 1 fully saturated rings. The number of hydrogen-bond acceptors (Lipinski definition) is 3. The summed E-state index contributed by atoms with van der Waals surface area (Å²) in [6.45, 7) is 20.0. The maximum Gasteiger partial charge on any atom is 0.192 e. The Balaban J connectivity index is 2.38. The standard InChI is InChI=1S/C18H38O3Si/c1-10-15-16(20-18(6,7)19-15)13-11-12-14(2)21-22(8,9)17(3,4)5/h14-16H,10-13H2,1-9H3/t14?,15-,16-/m1/s1. The average Bonchev–Trinajstić information content (AvgIpc) is 2.61. The van der Waals surface area contributed by atoms with Crippen molar-refractivity contribution >= 4 is 8.32 Å². The van der Waals surface area contributed by atoms with E-state index in [1.54, 1.807) is 0 Å². The Bertz CT molecular complexity index is 347. The van der Waals surface area contributed by atoms with E-state index in [0.29, 0.717) is 6.10 Å². The largest absolute Gasteiger partial charge is 0.414 e. The normalized spacial score (nSPS) is 27.1. The van der Waals surface area contributed by atoms with Gasteiger partial charge in [0.05, 0.1) is 12.2 Å². The van der Waals surface area contributed by atoms with E-state index in [1.165, 1.54) is 0 Å². The van der Waals surface area contributed by atoms with Crippen molar-refractivity contribution in [2.45, 2.75) is 116 Å². The van der Waals surface area contributed by atoms with Crippen LogP contribution in [-0.2, 0) is 13.9 Å². The van der Waals surface area contributed by atoms with Gasteiger partial charge in [-0.25, -0.2) is 0 Å². The zero-order valence-electron chi connectivity index (χ0n) is 16.3. The summed E-state index contributed by atoms with van der Waals surface area (Å²) in [5.41, 5.74) is 0. The predicted octanol–water partition coefficient (Wildman–Crippen LogP) is 5.50. The summed E-state index contributed by atoms with van der Waals surface area (Å²) in [5, 5.41) is 0.279. The van der Waals surface area contributed by atoms with Crippen LogP contribution in [0.3, 0.4) is 0 Å². The van der Waals surface area contributed by atoms with Gasteiger partial charge in [0, 0.05) is 6.10 Å². The quantitative estimate of drug-likeness (QED) is 0.577. The highest BCUT2D eigenvalue weighted by atomic mass is 28.4. The molecule has 0 amide bonds. The van der Waals surface area contributed by atoms with Crippen LogP contribution in [0.25, 0.3) is 0 Å². The van der Waals surface area contributed by atoms with Crippen LogP contribution < -0.4 is 0 Å². The molecule has 1 rings (SSSR count). The lowest BCUT2D eigenvalue weighted by molar-refractivity contribution is -0.147. The first kappa shape index (κ1) is 20.1. The first-order valence-electron chi connectivity index (χ1n) is 8.91. The molecule has 0 aromatic heterocycles. The van der Waals surface area contributed by atoms with Crippen molar-refractivity contribution in [1.29, 1.82) is 0 Å². The van der Waals surface area contributed by atoms with Crippen LogP contribution in [0.5, 0.6) is 0 Å². The summed E-state index contributed by atoms with van der Waals surface area (Å²) < 4.78 is 18.4. The van der Waals surface area contributed by atoms with E-state index in [-0.39, 0.29) is 17.2 Å². The van der Waals surface area contributed by atoms with Crippen LogP contribution in [-0.4, -0.2) is 32.4 Å². The molecule has 22 heavy (non-hydrogen) atoms. The van der Waals surface area contributed by atoms with E-state index in [4.69, 9.17) is 13.9 Å². The Morgan fingerprint density at radius 3 is 2.18 bits per heavy atom. The Kier molecular flexibility index (Phi) is 6.71. The van der Waals surface area contributed by atoms with Crippen LogP contribution >= 0.6 is 0 Å². The molecule has 4 heteroatoms. The first-order chi connectivity index (χ1) is 9.88. The smallest absolute Gasteiger partial charge is 0.192 e. The lowest BCUT2D eigenvalue weighted by Gasteiger charge is -2.38. The van der Waals surface area contributed by atoms with E-state index in [0.717, 1.165) is 25.7 Å². The molecule has 3 atom stereocenters. The molecule has 3 nitrogen and oxygen atoms in total. The van der Waals surface area contributed by atoms with Crippen LogP contribution in [0, 0.1) is 0 Å². The van der Waals surface area contributed by atoms with Crippen LogP contribution in [0.15, 0.2) is 0 Å². The van der Waals surface area contributed by atoms with Gasteiger partial charge < -0.3 is 13.9 Å². The lowest BCUT2D eigenvalue weighted by Crippen LogP contribution is -2.43. The lowest BCUT2D eigenvalue weighted by atomic mass is 10.0. The van der Waals surface area contributed by atoms with Crippen molar-refractivity contribution < 1.29 is 13.9 Å². The molecule has 0 aromatic carbocycles. The Labute approximate surface area is 139 Å². The van der Waals surface area contributed by atoms with Crippen LogP contribution in [0.2, 0.25) is 18.1 Å². The minimum absolute atomic E-state index is 0.236. The summed E-state index contributed by atoms with van der Waals surface area (Å²) in [5.74, 6) is -0.422. The minimum Gasteiger partial charge on any atom is -0.414 e. The molecule has 0 bridgehead atoms. The van der Waals surface area contributed by atoms with E-state index in [1.807, 2.05) is 13.8 Å². The van der Waals surface area contributed by atoms with E-state index >= 15 is 0 Å². The van der Waals surface area contributed by atoms with Gasteiger partial charge in [0.25, 0.3) is 0 Å². The first-order valence-corrected chi connectivity index (χ1v) is 11.8. The van der Waals surface area contributed by atoms with Gasteiger partial charge >= 0.3 is 0 Å². The molecule has 1 aliphatic rings. The molecular weight excluding hydrogens is 292 g/mol. The van der Waals surface area contributed by atoms with E-state index < -0.39 is 14.1 Å². The highest BCUT2D eigenvalue weighted by Crippen LogP contribution is 2.38. The third kappa shape index (κ3) is 5.62. The Morgan fingerprint density at radius 1 is 1.14 bits per heavy atom. The third-order valence-electron chi connectivity index (χ3n) is 5.09. The monoisotopic (exact) mass is 330 g/mol. The summed E-state index contributed by atoms with van der Waals surface area (Å²) >= 11 is 0. The highest BCUT2D eigenvalue weighted by Gasteiger charge is 2.40. The molecule has 1 saturated heterocycles. The zero-order valence-corrected chi connectivity index (χ0v) is 17.3. The SMILES string of the molecule is CC[C@H]1OC(C)(C)O[C@@H]1CCCC(C)O[Si](C)(C)C(C)(C)C. The Hall–Kier alpha value is 0.0969. The molecule has 0 spiro atoms. The zero-order chi connectivity index (χ0) is 17.2. The summed E-state index contributed by atoms with van der Waals surface area (Å²) in [4.78, 5) is 0. The van der Waals surface area contributed by atoms with Gasteiger partial charge in [-0.2, -0.15) is 0 Å². The van der Waals surface area contributed by atoms with Crippen molar-refractivity contribution in [2.75, 3.05) is 0 Å². The summed E-state index contributed by atoms with van der Waals surface area (Å²) in [6.07, 6.45) is 5.12. The molecule has 1 heterocycles. The molecule has 1 aliphatic heterocycles. The van der Waals surface area contributed by atoms with E-state index in [9.17, 15) is 0 Å². The molecular formula is C18H38O3Si. The van der Waals surface area contributed by atoms with Crippen molar-refractivity contribution in [1.82, 2.24) is 0 Å². The van der Waals surface area contributed by atoms with Gasteiger partial charge in [0.2, 0.25) is 0 Å².